The van der Waals surface area contributed by atoms with Gasteiger partial charge in [-0.05, 0) is 48.9 Å². The van der Waals surface area contributed by atoms with Crippen molar-refractivity contribution in [1.29, 1.82) is 0 Å². The van der Waals surface area contributed by atoms with Gasteiger partial charge in [0.1, 0.15) is 6.04 Å². The molecule has 0 radical (unpaired) electrons. The smallest absolute Gasteiger partial charge is 0.256 e. The number of aryl methyl sites for hydroxylation is 2. The third-order valence-corrected chi connectivity index (χ3v) is 7.37. The predicted octanol–water partition coefficient (Wildman–Crippen LogP) is 3.11. The van der Waals surface area contributed by atoms with E-state index in [4.69, 9.17) is 11.6 Å². The fraction of sp³-hybridized carbons (Fsp3) is 0.391. The largest absolute Gasteiger partial charge is 0.351 e. The molecule has 2 N–H and O–H groups in total. The number of thiophene rings is 1. The first-order chi connectivity index (χ1) is 15.3. The van der Waals surface area contributed by atoms with Crippen molar-refractivity contribution in [3.05, 3.63) is 55.7 Å². The van der Waals surface area contributed by atoms with Crippen molar-refractivity contribution in [2.24, 2.45) is 0 Å². The summed E-state index contributed by atoms with van der Waals surface area (Å²) in [4.78, 5) is 51.1. The van der Waals surface area contributed by atoms with E-state index in [-0.39, 0.29) is 24.1 Å². The van der Waals surface area contributed by atoms with Crippen LogP contribution >= 0.6 is 22.9 Å². The number of nitrogens with zero attached hydrogens (tertiary/aromatic N) is 1. The minimum atomic E-state index is -0.629. The van der Waals surface area contributed by atoms with Gasteiger partial charge >= 0.3 is 0 Å². The molecule has 0 aliphatic carbocycles. The van der Waals surface area contributed by atoms with Crippen LogP contribution in [0, 0.1) is 6.92 Å². The van der Waals surface area contributed by atoms with Crippen LogP contribution in [0.2, 0.25) is 5.02 Å². The van der Waals surface area contributed by atoms with Crippen molar-refractivity contribution in [3.8, 4) is 0 Å². The maximum atomic E-state index is 12.8. The lowest BCUT2D eigenvalue weighted by atomic mass is 10.0. The number of hydrogen-bond acceptors (Lipinski definition) is 5. The van der Waals surface area contributed by atoms with Crippen molar-refractivity contribution in [3.63, 3.8) is 0 Å². The van der Waals surface area contributed by atoms with Gasteiger partial charge in [0.25, 0.3) is 5.91 Å². The Bertz CT molecular complexity index is 1100. The number of fused-ring (bicyclic) bond motifs is 1. The third kappa shape index (κ3) is 4.71. The molecule has 4 amide bonds. The zero-order chi connectivity index (χ0) is 22.8. The summed E-state index contributed by atoms with van der Waals surface area (Å²) in [6.45, 7) is 2.63. The standard InChI is InChI=1S/C23H24ClN3O4S/c1-13-5-6-14(9-17(13)24)3-2-4-20(28)25-10-19-15-11-27(23(31)16(15)12-32-19)18-7-8-21(29)26-22(18)30/h5-6,9,12,18H,2-4,7-8,10-11H2,1H3,(H,25,28)(H,26,29,30). The molecule has 0 spiro atoms. The lowest BCUT2D eigenvalue weighted by Gasteiger charge is -2.29. The molecule has 7 nitrogen and oxygen atoms in total. The van der Waals surface area contributed by atoms with Crippen LogP contribution in [0.1, 0.15) is 57.6 Å². The maximum absolute atomic E-state index is 12.8. The van der Waals surface area contributed by atoms with E-state index in [0.29, 0.717) is 31.5 Å². The summed E-state index contributed by atoms with van der Waals surface area (Å²) in [7, 11) is 0. The molecule has 1 fully saturated rings. The number of hydrogen-bond donors (Lipinski definition) is 2. The Morgan fingerprint density at radius 2 is 2.12 bits per heavy atom. The Kier molecular flexibility index (Phi) is 6.62. The molecule has 3 heterocycles. The summed E-state index contributed by atoms with van der Waals surface area (Å²) >= 11 is 7.59. The second-order valence-corrected chi connectivity index (χ2v) is 9.54. The Balaban J connectivity index is 1.29. The summed E-state index contributed by atoms with van der Waals surface area (Å²) in [5, 5.41) is 7.76. The van der Waals surface area contributed by atoms with Gasteiger partial charge in [0, 0.05) is 34.7 Å². The normalized spacial score (nSPS) is 18.0. The zero-order valence-corrected chi connectivity index (χ0v) is 19.3. The molecule has 1 saturated heterocycles. The van der Waals surface area contributed by atoms with E-state index in [9.17, 15) is 19.2 Å². The Labute approximate surface area is 195 Å². The monoisotopic (exact) mass is 473 g/mol. The van der Waals surface area contributed by atoms with E-state index < -0.39 is 11.9 Å². The van der Waals surface area contributed by atoms with Crippen molar-refractivity contribution in [1.82, 2.24) is 15.5 Å². The van der Waals surface area contributed by atoms with Crippen molar-refractivity contribution in [2.75, 3.05) is 0 Å². The Morgan fingerprint density at radius 3 is 2.88 bits per heavy atom. The van der Waals surface area contributed by atoms with Gasteiger partial charge < -0.3 is 10.2 Å². The molecule has 2 aliphatic heterocycles. The quantitative estimate of drug-likeness (QED) is 0.604. The number of nitrogens with one attached hydrogen (secondary N) is 2. The van der Waals surface area contributed by atoms with E-state index in [1.54, 1.807) is 5.38 Å². The molecule has 2 aromatic rings. The molecule has 0 bridgehead atoms. The first-order valence-electron chi connectivity index (χ1n) is 10.6. The highest BCUT2D eigenvalue weighted by molar-refractivity contribution is 7.10. The van der Waals surface area contributed by atoms with Crippen LogP contribution in [-0.2, 0) is 33.9 Å². The van der Waals surface area contributed by atoms with Gasteiger partial charge in [-0.15, -0.1) is 11.3 Å². The highest BCUT2D eigenvalue weighted by Crippen LogP contribution is 2.33. The van der Waals surface area contributed by atoms with Gasteiger partial charge in [0.2, 0.25) is 17.7 Å². The average molecular weight is 474 g/mol. The summed E-state index contributed by atoms with van der Waals surface area (Å²) < 4.78 is 0. The molecule has 2 aliphatic rings. The van der Waals surface area contributed by atoms with Crippen LogP contribution < -0.4 is 10.6 Å². The summed E-state index contributed by atoms with van der Waals surface area (Å²) in [6, 6.07) is 5.32. The highest BCUT2D eigenvalue weighted by Gasteiger charge is 2.40. The number of carbonyl (C=O) groups is 4. The van der Waals surface area contributed by atoms with Crippen molar-refractivity contribution < 1.29 is 19.2 Å². The summed E-state index contributed by atoms with van der Waals surface area (Å²) in [6.07, 6.45) is 2.46. The van der Waals surface area contributed by atoms with Crippen LogP contribution in [0.25, 0.3) is 0 Å². The zero-order valence-electron chi connectivity index (χ0n) is 17.7. The fourth-order valence-electron chi connectivity index (χ4n) is 4.06. The van der Waals surface area contributed by atoms with Gasteiger partial charge in [-0.1, -0.05) is 23.7 Å². The molecular formula is C23H24ClN3O4S. The lowest BCUT2D eigenvalue weighted by Crippen LogP contribution is -2.52. The number of rotatable bonds is 7. The van der Waals surface area contributed by atoms with Gasteiger partial charge in [0.15, 0.2) is 0 Å². The van der Waals surface area contributed by atoms with E-state index >= 15 is 0 Å². The fourth-order valence-corrected chi connectivity index (χ4v) is 5.24. The summed E-state index contributed by atoms with van der Waals surface area (Å²) in [5.74, 6) is -0.967. The molecule has 1 atom stereocenters. The summed E-state index contributed by atoms with van der Waals surface area (Å²) in [5.41, 5.74) is 3.59. The van der Waals surface area contributed by atoms with Gasteiger partial charge in [-0.25, -0.2) is 0 Å². The van der Waals surface area contributed by atoms with Crippen LogP contribution in [0.15, 0.2) is 23.6 Å². The number of piperidine rings is 1. The number of amides is 4. The third-order valence-electron chi connectivity index (χ3n) is 5.94. The van der Waals surface area contributed by atoms with E-state index in [0.717, 1.165) is 39.4 Å². The second-order valence-electron chi connectivity index (χ2n) is 8.16. The Hall–Kier alpha value is -2.71. The van der Waals surface area contributed by atoms with Crippen LogP contribution in [-0.4, -0.2) is 34.6 Å². The number of halogens is 1. The average Bonchev–Trinajstić information content (AvgIpc) is 3.29. The first kappa shape index (κ1) is 22.5. The van der Waals surface area contributed by atoms with E-state index in [1.165, 1.54) is 16.2 Å². The van der Waals surface area contributed by atoms with E-state index in [1.807, 2.05) is 25.1 Å². The van der Waals surface area contributed by atoms with E-state index in [2.05, 4.69) is 10.6 Å². The molecule has 168 valence electrons. The molecule has 1 aromatic heterocycles. The Morgan fingerprint density at radius 1 is 1.31 bits per heavy atom. The lowest BCUT2D eigenvalue weighted by molar-refractivity contribution is -0.137. The molecule has 9 heteroatoms. The van der Waals surface area contributed by atoms with Gasteiger partial charge in [-0.3, -0.25) is 24.5 Å². The van der Waals surface area contributed by atoms with Crippen molar-refractivity contribution in [2.45, 2.75) is 58.2 Å². The van der Waals surface area contributed by atoms with Crippen molar-refractivity contribution >= 4 is 46.6 Å². The SMILES string of the molecule is Cc1ccc(CCCC(=O)NCc2scc3c2CN(C2CCC(=O)NC2=O)C3=O)cc1Cl. The molecular weight excluding hydrogens is 450 g/mol. The minimum absolute atomic E-state index is 0.0447. The number of imide groups is 1. The molecule has 0 saturated carbocycles. The van der Waals surface area contributed by atoms with Crippen LogP contribution in [0.3, 0.4) is 0 Å². The topological polar surface area (TPSA) is 95.6 Å². The number of benzene rings is 1. The highest BCUT2D eigenvalue weighted by atomic mass is 35.5. The maximum Gasteiger partial charge on any atom is 0.256 e. The second kappa shape index (κ2) is 9.42. The van der Waals surface area contributed by atoms with Gasteiger partial charge in [-0.2, -0.15) is 0 Å². The van der Waals surface area contributed by atoms with Crippen LogP contribution in [0.5, 0.6) is 0 Å². The molecule has 32 heavy (non-hydrogen) atoms. The van der Waals surface area contributed by atoms with Crippen LogP contribution in [0.4, 0.5) is 0 Å². The number of carbonyl (C=O) groups excluding carboxylic acids is 4. The molecule has 1 unspecified atom stereocenters. The first-order valence-corrected chi connectivity index (χ1v) is 11.8. The molecule has 1 aromatic carbocycles. The predicted molar refractivity (Wildman–Crippen MR) is 121 cm³/mol. The minimum Gasteiger partial charge on any atom is -0.351 e. The van der Waals surface area contributed by atoms with Gasteiger partial charge in [0.05, 0.1) is 12.1 Å². The molecule has 4 rings (SSSR count).